The number of carbonyl (C=O) groups is 4. The Labute approximate surface area is 212 Å². The fourth-order valence-corrected chi connectivity index (χ4v) is 4.30. The molecular formula is C26H27N3O6S. The van der Waals surface area contributed by atoms with Crippen molar-refractivity contribution in [3.8, 4) is 5.75 Å². The number of amides is 3. The van der Waals surface area contributed by atoms with Crippen LogP contribution in [-0.4, -0.2) is 48.5 Å². The fourth-order valence-electron chi connectivity index (χ4n) is 3.66. The number of phenols is 1. The lowest BCUT2D eigenvalue weighted by Gasteiger charge is -2.19. The van der Waals surface area contributed by atoms with Crippen LogP contribution in [0, 0.1) is 13.8 Å². The SMILES string of the molecule is COC(=O)[C@H](CNC(=O)c1cccs1)NC(=O)c1c(C)cc(C(=O)NCc2cccc(O)c2)cc1C. The van der Waals surface area contributed by atoms with E-state index in [2.05, 4.69) is 16.0 Å². The summed E-state index contributed by atoms with van der Waals surface area (Å²) in [5.41, 5.74) is 2.52. The minimum atomic E-state index is -1.10. The Morgan fingerprint density at radius 3 is 2.28 bits per heavy atom. The van der Waals surface area contributed by atoms with Gasteiger partial charge in [-0.3, -0.25) is 14.4 Å². The molecule has 0 aliphatic heterocycles. The first kappa shape index (κ1) is 26.4. The van der Waals surface area contributed by atoms with Crippen molar-refractivity contribution < 1.29 is 29.0 Å². The number of benzene rings is 2. The maximum Gasteiger partial charge on any atom is 0.330 e. The summed E-state index contributed by atoms with van der Waals surface area (Å²) in [5.74, 6) is -1.81. The molecule has 0 radical (unpaired) electrons. The first-order chi connectivity index (χ1) is 17.2. The molecule has 0 saturated carbocycles. The minimum absolute atomic E-state index is 0.111. The van der Waals surface area contributed by atoms with Crippen LogP contribution in [0.1, 0.15) is 47.1 Å². The van der Waals surface area contributed by atoms with Crippen molar-refractivity contribution in [3.05, 3.63) is 86.6 Å². The van der Waals surface area contributed by atoms with Crippen molar-refractivity contribution in [2.75, 3.05) is 13.7 Å². The second-order valence-electron chi connectivity index (χ2n) is 8.07. The van der Waals surface area contributed by atoms with Gasteiger partial charge in [0.1, 0.15) is 11.8 Å². The number of ether oxygens (including phenoxy) is 1. The third-order valence-corrected chi connectivity index (χ3v) is 6.26. The molecule has 1 heterocycles. The number of carbonyl (C=O) groups excluding carboxylic acids is 4. The summed E-state index contributed by atoms with van der Waals surface area (Å²) in [6, 6.07) is 12.0. The van der Waals surface area contributed by atoms with Crippen LogP contribution in [0.3, 0.4) is 0 Å². The van der Waals surface area contributed by atoms with Gasteiger partial charge in [0.2, 0.25) is 0 Å². The van der Waals surface area contributed by atoms with E-state index in [0.29, 0.717) is 27.1 Å². The predicted octanol–water partition coefficient (Wildman–Crippen LogP) is 2.70. The first-order valence-electron chi connectivity index (χ1n) is 11.1. The lowest BCUT2D eigenvalue weighted by atomic mass is 9.98. The second kappa shape index (κ2) is 12.0. The summed E-state index contributed by atoms with van der Waals surface area (Å²) in [4.78, 5) is 50.7. The first-order valence-corrected chi connectivity index (χ1v) is 11.9. The summed E-state index contributed by atoms with van der Waals surface area (Å²) >= 11 is 1.26. The molecule has 0 bridgehead atoms. The van der Waals surface area contributed by atoms with E-state index in [9.17, 15) is 24.3 Å². The molecule has 0 unspecified atom stereocenters. The van der Waals surface area contributed by atoms with Gasteiger partial charge in [-0.2, -0.15) is 0 Å². The number of rotatable bonds is 9. The van der Waals surface area contributed by atoms with E-state index in [-0.39, 0.29) is 30.7 Å². The molecule has 0 saturated heterocycles. The molecule has 4 N–H and O–H groups in total. The van der Waals surface area contributed by atoms with Gasteiger partial charge in [-0.25, -0.2) is 4.79 Å². The molecule has 188 valence electrons. The number of methoxy groups -OCH3 is 1. The summed E-state index contributed by atoms with van der Waals surface area (Å²) in [5, 5.41) is 19.4. The number of hydrogen-bond acceptors (Lipinski definition) is 7. The molecule has 0 aliphatic carbocycles. The van der Waals surface area contributed by atoms with Crippen LogP contribution in [0.5, 0.6) is 5.75 Å². The molecule has 0 spiro atoms. The average Bonchev–Trinajstić information content (AvgIpc) is 3.39. The van der Waals surface area contributed by atoms with E-state index in [4.69, 9.17) is 4.74 Å². The van der Waals surface area contributed by atoms with Crippen molar-refractivity contribution in [3.63, 3.8) is 0 Å². The van der Waals surface area contributed by atoms with Gasteiger partial charge in [-0.05, 0) is 66.2 Å². The largest absolute Gasteiger partial charge is 0.508 e. The lowest BCUT2D eigenvalue weighted by molar-refractivity contribution is -0.142. The third kappa shape index (κ3) is 6.70. The van der Waals surface area contributed by atoms with E-state index in [1.807, 2.05) is 0 Å². The maximum absolute atomic E-state index is 13.1. The van der Waals surface area contributed by atoms with Crippen molar-refractivity contribution >= 4 is 35.0 Å². The van der Waals surface area contributed by atoms with E-state index < -0.39 is 17.9 Å². The van der Waals surface area contributed by atoms with Gasteiger partial charge in [0, 0.05) is 24.2 Å². The van der Waals surface area contributed by atoms with Crippen molar-refractivity contribution in [2.45, 2.75) is 26.4 Å². The number of aryl methyl sites for hydroxylation is 2. The monoisotopic (exact) mass is 509 g/mol. The quantitative estimate of drug-likeness (QED) is 0.328. The Kier molecular flexibility index (Phi) is 8.80. The normalized spacial score (nSPS) is 11.3. The Morgan fingerprint density at radius 1 is 0.944 bits per heavy atom. The standard InChI is InChI=1S/C26H27N3O6S/c1-15-10-18(23(31)27-13-17-6-4-7-19(30)12-17)11-16(2)22(15)25(33)29-20(26(34)35-3)14-28-24(32)21-8-5-9-36-21/h4-12,20,30H,13-14H2,1-3H3,(H,27,31)(H,28,32)(H,29,33)/t20-/m0/s1. The Bertz CT molecular complexity index is 1250. The second-order valence-corrected chi connectivity index (χ2v) is 9.02. The molecule has 3 rings (SSSR count). The van der Waals surface area contributed by atoms with E-state index >= 15 is 0 Å². The van der Waals surface area contributed by atoms with E-state index in [1.54, 1.807) is 67.8 Å². The van der Waals surface area contributed by atoms with Gasteiger partial charge < -0.3 is 25.8 Å². The van der Waals surface area contributed by atoms with Gasteiger partial charge in [-0.1, -0.05) is 18.2 Å². The number of aromatic hydroxyl groups is 1. The van der Waals surface area contributed by atoms with Crippen molar-refractivity contribution in [1.82, 2.24) is 16.0 Å². The molecule has 1 aromatic heterocycles. The lowest BCUT2D eigenvalue weighted by Crippen LogP contribution is -2.49. The van der Waals surface area contributed by atoms with Crippen LogP contribution in [-0.2, 0) is 16.1 Å². The van der Waals surface area contributed by atoms with Gasteiger partial charge in [-0.15, -0.1) is 11.3 Å². The highest BCUT2D eigenvalue weighted by atomic mass is 32.1. The number of phenolic OH excluding ortho intramolecular Hbond substituents is 1. The highest BCUT2D eigenvalue weighted by Gasteiger charge is 2.25. The Morgan fingerprint density at radius 2 is 1.67 bits per heavy atom. The Balaban J connectivity index is 1.69. The molecule has 10 heteroatoms. The van der Waals surface area contributed by atoms with Crippen LogP contribution < -0.4 is 16.0 Å². The molecule has 2 aromatic carbocycles. The van der Waals surface area contributed by atoms with Gasteiger partial charge >= 0.3 is 5.97 Å². The number of nitrogens with one attached hydrogen (secondary N) is 3. The molecule has 3 aromatic rings. The number of hydrogen-bond donors (Lipinski definition) is 4. The third-order valence-electron chi connectivity index (χ3n) is 5.39. The van der Waals surface area contributed by atoms with Crippen LogP contribution in [0.15, 0.2) is 53.9 Å². The maximum atomic E-state index is 13.1. The zero-order valence-electron chi connectivity index (χ0n) is 20.1. The summed E-state index contributed by atoms with van der Waals surface area (Å²) in [7, 11) is 1.20. The highest BCUT2D eigenvalue weighted by Crippen LogP contribution is 2.18. The van der Waals surface area contributed by atoms with Crippen LogP contribution in [0.25, 0.3) is 0 Å². The van der Waals surface area contributed by atoms with Gasteiger partial charge in [0.05, 0.1) is 12.0 Å². The predicted molar refractivity (Wildman–Crippen MR) is 135 cm³/mol. The molecular weight excluding hydrogens is 482 g/mol. The smallest absolute Gasteiger partial charge is 0.330 e. The summed E-state index contributed by atoms with van der Waals surface area (Å²) < 4.78 is 4.78. The van der Waals surface area contributed by atoms with Gasteiger partial charge in [0.25, 0.3) is 17.7 Å². The molecule has 1 atom stereocenters. The molecule has 0 aliphatic rings. The van der Waals surface area contributed by atoms with E-state index in [0.717, 1.165) is 5.56 Å². The number of thiophene rings is 1. The topological polar surface area (TPSA) is 134 Å². The van der Waals surface area contributed by atoms with Crippen molar-refractivity contribution in [1.29, 1.82) is 0 Å². The minimum Gasteiger partial charge on any atom is -0.508 e. The molecule has 0 fully saturated rings. The fraction of sp³-hybridized carbons (Fsp3) is 0.231. The van der Waals surface area contributed by atoms with Crippen LogP contribution in [0.4, 0.5) is 0 Å². The molecule has 3 amide bonds. The zero-order chi connectivity index (χ0) is 26.2. The summed E-state index contributed by atoms with van der Waals surface area (Å²) in [6.07, 6.45) is 0. The van der Waals surface area contributed by atoms with Crippen molar-refractivity contribution in [2.24, 2.45) is 0 Å². The Hall–Kier alpha value is -4.18. The summed E-state index contributed by atoms with van der Waals surface area (Å²) in [6.45, 7) is 3.47. The van der Waals surface area contributed by atoms with Crippen LogP contribution >= 0.6 is 11.3 Å². The molecule has 9 nitrogen and oxygen atoms in total. The molecule has 36 heavy (non-hydrogen) atoms. The highest BCUT2D eigenvalue weighted by molar-refractivity contribution is 7.12. The van der Waals surface area contributed by atoms with E-state index in [1.165, 1.54) is 18.4 Å². The van der Waals surface area contributed by atoms with Crippen LogP contribution in [0.2, 0.25) is 0 Å². The average molecular weight is 510 g/mol. The zero-order valence-corrected chi connectivity index (χ0v) is 20.9. The van der Waals surface area contributed by atoms with Gasteiger partial charge in [0.15, 0.2) is 0 Å². The number of esters is 1.